The van der Waals surface area contributed by atoms with E-state index < -0.39 is 41.5 Å². The van der Waals surface area contributed by atoms with Crippen molar-refractivity contribution in [3.63, 3.8) is 0 Å². The van der Waals surface area contributed by atoms with E-state index in [2.05, 4.69) is 5.32 Å². The molecule has 2 rings (SSSR count). The molecule has 7 heteroatoms. The van der Waals surface area contributed by atoms with Crippen LogP contribution in [0.5, 0.6) is 0 Å². The highest BCUT2D eigenvalue weighted by Crippen LogP contribution is 2.48. The fraction of sp³-hybridized carbons (Fsp3) is 0.357. The van der Waals surface area contributed by atoms with Crippen molar-refractivity contribution in [2.75, 3.05) is 0 Å². The van der Waals surface area contributed by atoms with Gasteiger partial charge in [-0.1, -0.05) is 12.1 Å². The largest absolute Gasteiger partial charge is 0.481 e. The molecule has 0 unspecified atom stereocenters. The van der Waals surface area contributed by atoms with Crippen molar-refractivity contribution < 1.29 is 29.0 Å². The lowest BCUT2D eigenvalue weighted by Gasteiger charge is -2.19. The molecule has 0 saturated heterocycles. The molecule has 1 fully saturated rings. The third kappa shape index (κ3) is 3.18. The summed E-state index contributed by atoms with van der Waals surface area (Å²) in [4.78, 5) is 33.8. The first-order valence-electron chi connectivity index (χ1n) is 6.37. The van der Waals surface area contributed by atoms with Crippen LogP contribution in [0.3, 0.4) is 0 Å². The van der Waals surface area contributed by atoms with Crippen molar-refractivity contribution in [1.29, 1.82) is 0 Å². The van der Waals surface area contributed by atoms with Crippen LogP contribution < -0.4 is 5.32 Å². The number of nitrogens with one attached hydrogen (secondary N) is 1. The first kappa shape index (κ1) is 15.0. The van der Waals surface area contributed by atoms with E-state index >= 15 is 0 Å². The minimum atomic E-state index is -1.48. The maximum absolute atomic E-state index is 12.9. The zero-order valence-electron chi connectivity index (χ0n) is 11.0. The molecule has 0 bridgehead atoms. The second-order valence-corrected chi connectivity index (χ2v) is 5.05. The lowest BCUT2D eigenvalue weighted by Crippen LogP contribution is -2.46. The van der Waals surface area contributed by atoms with Crippen LogP contribution in [0.1, 0.15) is 24.8 Å². The SMILES string of the molecule is O=C(O)C[C@H](NC(=O)C1(c2ccc(F)cc2)CC1)C(=O)O. The molecule has 0 spiro atoms. The molecule has 1 aliphatic rings. The molecule has 1 saturated carbocycles. The number of carbonyl (C=O) groups is 3. The topological polar surface area (TPSA) is 104 Å². The fourth-order valence-corrected chi connectivity index (χ4v) is 2.21. The molecule has 0 heterocycles. The van der Waals surface area contributed by atoms with Crippen molar-refractivity contribution >= 4 is 17.8 Å². The third-order valence-corrected chi connectivity index (χ3v) is 3.56. The monoisotopic (exact) mass is 295 g/mol. The van der Waals surface area contributed by atoms with Gasteiger partial charge in [0.05, 0.1) is 11.8 Å². The average Bonchev–Trinajstić information content (AvgIpc) is 3.19. The van der Waals surface area contributed by atoms with E-state index in [9.17, 15) is 18.8 Å². The highest BCUT2D eigenvalue weighted by atomic mass is 19.1. The first-order valence-corrected chi connectivity index (χ1v) is 6.37. The number of rotatable bonds is 6. The Hall–Kier alpha value is -2.44. The maximum Gasteiger partial charge on any atom is 0.326 e. The number of benzene rings is 1. The van der Waals surface area contributed by atoms with Crippen LogP contribution >= 0.6 is 0 Å². The van der Waals surface area contributed by atoms with Crippen LogP contribution in [-0.2, 0) is 19.8 Å². The molecule has 21 heavy (non-hydrogen) atoms. The smallest absolute Gasteiger partial charge is 0.326 e. The maximum atomic E-state index is 12.9. The lowest BCUT2D eigenvalue weighted by atomic mass is 9.94. The summed E-state index contributed by atoms with van der Waals surface area (Å²) in [7, 11) is 0. The van der Waals surface area contributed by atoms with Crippen molar-refractivity contribution in [2.45, 2.75) is 30.7 Å². The van der Waals surface area contributed by atoms with Crippen molar-refractivity contribution in [1.82, 2.24) is 5.32 Å². The second kappa shape index (κ2) is 5.51. The van der Waals surface area contributed by atoms with Crippen LogP contribution in [-0.4, -0.2) is 34.1 Å². The summed E-state index contributed by atoms with van der Waals surface area (Å²) in [6.45, 7) is 0. The summed E-state index contributed by atoms with van der Waals surface area (Å²) in [6, 6.07) is 3.94. The van der Waals surface area contributed by atoms with Gasteiger partial charge in [0, 0.05) is 0 Å². The van der Waals surface area contributed by atoms with Crippen molar-refractivity contribution in [3.05, 3.63) is 35.6 Å². The minimum Gasteiger partial charge on any atom is -0.481 e. The van der Waals surface area contributed by atoms with E-state index in [1.54, 1.807) is 0 Å². The van der Waals surface area contributed by atoms with Crippen molar-refractivity contribution in [3.8, 4) is 0 Å². The predicted octanol–water partition coefficient (Wildman–Crippen LogP) is 0.901. The van der Waals surface area contributed by atoms with E-state index in [-0.39, 0.29) is 0 Å². The third-order valence-electron chi connectivity index (χ3n) is 3.56. The Labute approximate surface area is 119 Å². The average molecular weight is 295 g/mol. The number of aliphatic carboxylic acids is 2. The van der Waals surface area contributed by atoms with Gasteiger partial charge in [-0.25, -0.2) is 9.18 Å². The zero-order valence-corrected chi connectivity index (χ0v) is 11.0. The number of carboxylic acid groups (broad SMARTS) is 2. The van der Waals surface area contributed by atoms with Crippen LogP contribution in [0.2, 0.25) is 0 Å². The van der Waals surface area contributed by atoms with Gasteiger partial charge in [0.25, 0.3) is 0 Å². The van der Waals surface area contributed by atoms with Gasteiger partial charge in [0.15, 0.2) is 0 Å². The van der Waals surface area contributed by atoms with Crippen LogP contribution in [0.4, 0.5) is 4.39 Å². The van der Waals surface area contributed by atoms with E-state index in [0.29, 0.717) is 18.4 Å². The second-order valence-electron chi connectivity index (χ2n) is 5.05. The quantitative estimate of drug-likeness (QED) is 0.723. The molecule has 6 nitrogen and oxygen atoms in total. The fourth-order valence-electron chi connectivity index (χ4n) is 2.21. The van der Waals surface area contributed by atoms with Gasteiger partial charge in [-0.15, -0.1) is 0 Å². The Morgan fingerprint density at radius 3 is 2.19 bits per heavy atom. The van der Waals surface area contributed by atoms with Crippen LogP contribution in [0, 0.1) is 5.82 Å². The van der Waals surface area contributed by atoms with Gasteiger partial charge >= 0.3 is 11.9 Å². The molecule has 1 aromatic carbocycles. The Bertz CT molecular complexity index is 580. The number of hydrogen-bond acceptors (Lipinski definition) is 3. The lowest BCUT2D eigenvalue weighted by molar-refractivity contribution is -0.147. The summed E-state index contributed by atoms with van der Waals surface area (Å²) >= 11 is 0. The molecule has 0 aromatic heterocycles. The molecular formula is C14H14FNO5. The normalized spacial score (nSPS) is 16.8. The van der Waals surface area contributed by atoms with Gasteiger partial charge in [-0.3, -0.25) is 9.59 Å². The van der Waals surface area contributed by atoms with Gasteiger partial charge in [0.2, 0.25) is 5.91 Å². The summed E-state index contributed by atoms with van der Waals surface area (Å²) in [5, 5.41) is 19.8. The van der Waals surface area contributed by atoms with E-state index in [1.807, 2.05) is 0 Å². The number of hydrogen-bond donors (Lipinski definition) is 3. The minimum absolute atomic E-state index is 0.427. The van der Waals surface area contributed by atoms with Crippen LogP contribution in [0.15, 0.2) is 24.3 Å². The van der Waals surface area contributed by atoms with E-state index in [4.69, 9.17) is 10.2 Å². The highest BCUT2D eigenvalue weighted by molar-refractivity contribution is 5.94. The summed E-state index contributed by atoms with van der Waals surface area (Å²) in [6.07, 6.45) is 0.342. The van der Waals surface area contributed by atoms with Gasteiger partial charge in [-0.05, 0) is 30.5 Å². The number of halogens is 1. The Balaban J connectivity index is 2.13. The summed E-state index contributed by atoms with van der Waals surface area (Å²) < 4.78 is 12.9. The standard InChI is InChI=1S/C14H14FNO5/c15-9-3-1-8(2-4-9)14(5-6-14)13(21)16-10(12(19)20)7-11(17)18/h1-4,10H,5-7H2,(H,16,21)(H,17,18)(H,19,20)/t10-/m0/s1. The van der Waals surface area contributed by atoms with Crippen molar-refractivity contribution in [2.24, 2.45) is 0 Å². The molecule has 0 aliphatic heterocycles. The molecular weight excluding hydrogens is 281 g/mol. The summed E-state index contributed by atoms with van der Waals surface area (Å²) in [5.41, 5.74) is -0.277. The first-order chi connectivity index (χ1) is 9.85. The number of carboxylic acids is 2. The van der Waals surface area contributed by atoms with Gasteiger partial charge in [-0.2, -0.15) is 0 Å². The molecule has 1 aliphatic carbocycles. The number of amides is 1. The Morgan fingerprint density at radius 1 is 1.19 bits per heavy atom. The molecule has 1 atom stereocenters. The number of carbonyl (C=O) groups excluding carboxylic acids is 1. The predicted molar refractivity (Wildman–Crippen MR) is 69.1 cm³/mol. The molecule has 1 aromatic rings. The summed E-state index contributed by atoms with van der Waals surface area (Å²) in [5.74, 6) is -3.68. The van der Waals surface area contributed by atoms with Crippen LogP contribution in [0.25, 0.3) is 0 Å². The molecule has 1 amide bonds. The van der Waals surface area contributed by atoms with E-state index in [1.165, 1.54) is 24.3 Å². The zero-order chi connectivity index (χ0) is 15.6. The highest BCUT2D eigenvalue weighted by Gasteiger charge is 2.52. The van der Waals surface area contributed by atoms with Gasteiger partial charge in [0.1, 0.15) is 11.9 Å². The Kier molecular flexibility index (Phi) is 3.93. The molecule has 112 valence electrons. The molecule has 3 N–H and O–H groups in total. The van der Waals surface area contributed by atoms with E-state index in [0.717, 1.165) is 0 Å². The molecule has 0 radical (unpaired) electrons. The Morgan fingerprint density at radius 2 is 1.76 bits per heavy atom. The van der Waals surface area contributed by atoms with Gasteiger partial charge < -0.3 is 15.5 Å².